The summed E-state index contributed by atoms with van der Waals surface area (Å²) in [6.07, 6.45) is 3.33. The lowest BCUT2D eigenvalue weighted by Gasteiger charge is -2.31. The van der Waals surface area contributed by atoms with Crippen molar-refractivity contribution >= 4 is 23.2 Å². The number of halogens is 1. The van der Waals surface area contributed by atoms with Crippen molar-refractivity contribution in [2.24, 2.45) is 0 Å². The highest BCUT2D eigenvalue weighted by molar-refractivity contribution is 6.06. The molecule has 1 aliphatic rings. The Kier molecular flexibility index (Phi) is 7.03. The second-order valence-corrected chi connectivity index (χ2v) is 8.32. The number of piperidine rings is 1. The SMILES string of the molecule is CC(NC(=O)c1cc(NC(=O)c2ccccc2F)ccc1N1CCCCC1)c1ccccc1. The maximum Gasteiger partial charge on any atom is 0.258 e. The summed E-state index contributed by atoms with van der Waals surface area (Å²) in [4.78, 5) is 28.2. The van der Waals surface area contributed by atoms with Crippen LogP contribution in [0.15, 0.2) is 72.8 Å². The maximum atomic E-state index is 14.0. The molecule has 1 saturated heterocycles. The summed E-state index contributed by atoms with van der Waals surface area (Å²) in [7, 11) is 0. The highest BCUT2D eigenvalue weighted by Gasteiger charge is 2.21. The molecule has 3 aromatic rings. The number of nitrogens with one attached hydrogen (secondary N) is 2. The van der Waals surface area contributed by atoms with Gasteiger partial charge in [-0.1, -0.05) is 42.5 Å². The Bertz CT molecular complexity index is 1130. The first-order chi connectivity index (χ1) is 16.0. The Hall–Kier alpha value is -3.67. The van der Waals surface area contributed by atoms with Crippen LogP contribution in [-0.4, -0.2) is 24.9 Å². The minimum Gasteiger partial charge on any atom is -0.371 e. The molecule has 0 aromatic heterocycles. The van der Waals surface area contributed by atoms with Gasteiger partial charge < -0.3 is 15.5 Å². The van der Waals surface area contributed by atoms with Crippen LogP contribution in [-0.2, 0) is 0 Å². The van der Waals surface area contributed by atoms with Gasteiger partial charge >= 0.3 is 0 Å². The molecular weight excluding hydrogens is 417 g/mol. The number of carbonyl (C=O) groups is 2. The van der Waals surface area contributed by atoms with E-state index in [0.717, 1.165) is 37.2 Å². The molecule has 1 atom stereocenters. The van der Waals surface area contributed by atoms with Crippen LogP contribution < -0.4 is 15.5 Å². The summed E-state index contributed by atoms with van der Waals surface area (Å²) in [5.41, 5.74) is 2.75. The Balaban J connectivity index is 1.61. The number of hydrogen-bond acceptors (Lipinski definition) is 3. The van der Waals surface area contributed by atoms with E-state index >= 15 is 0 Å². The Morgan fingerprint density at radius 3 is 2.27 bits per heavy atom. The van der Waals surface area contributed by atoms with Crippen molar-refractivity contribution in [3.05, 3.63) is 95.3 Å². The van der Waals surface area contributed by atoms with Crippen LogP contribution in [0.4, 0.5) is 15.8 Å². The fourth-order valence-corrected chi connectivity index (χ4v) is 4.15. The summed E-state index contributed by atoms with van der Waals surface area (Å²) in [6.45, 7) is 3.71. The van der Waals surface area contributed by atoms with Crippen LogP contribution in [0, 0.1) is 5.82 Å². The molecule has 0 spiro atoms. The topological polar surface area (TPSA) is 61.4 Å². The zero-order valence-electron chi connectivity index (χ0n) is 18.7. The maximum absolute atomic E-state index is 14.0. The van der Waals surface area contributed by atoms with Gasteiger partial charge in [-0.15, -0.1) is 0 Å². The van der Waals surface area contributed by atoms with E-state index in [4.69, 9.17) is 0 Å². The molecule has 170 valence electrons. The van der Waals surface area contributed by atoms with Gasteiger partial charge in [0.25, 0.3) is 11.8 Å². The van der Waals surface area contributed by atoms with Crippen LogP contribution >= 0.6 is 0 Å². The zero-order valence-corrected chi connectivity index (χ0v) is 18.7. The van der Waals surface area contributed by atoms with Crippen LogP contribution in [0.5, 0.6) is 0 Å². The summed E-state index contributed by atoms with van der Waals surface area (Å²) < 4.78 is 14.0. The normalized spacial score (nSPS) is 14.4. The van der Waals surface area contributed by atoms with Crippen molar-refractivity contribution in [2.45, 2.75) is 32.2 Å². The lowest BCUT2D eigenvalue weighted by molar-refractivity contribution is 0.0939. The van der Waals surface area contributed by atoms with Crippen LogP contribution in [0.2, 0.25) is 0 Å². The molecule has 1 heterocycles. The number of anilines is 2. The standard InChI is InChI=1S/C27H28FN3O2/c1-19(20-10-4-2-5-11-20)29-27(33)23-18-21(14-15-25(23)31-16-8-3-9-17-31)30-26(32)22-12-6-7-13-24(22)28/h2,4-7,10-15,18-19H,3,8-9,16-17H2,1H3,(H,29,33)(H,30,32). The van der Waals surface area contributed by atoms with Crippen molar-refractivity contribution in [1.82, 2.24) is 5.32 Å². The third-order valence-electron chi connectivity index (χ3n) is 5.96. The predicted molar refractivity (Wildman–Crippen MR) is 129 cm³/mol. The third kappa shape index (κ3) is 5.40. The average Bonchev–Trinajstić information content (AvgIpc) is 2.85. The number of carbonyl (C=O) groups excluding carboxylic acids is 2. The van der Waals surface area contributed by atoms with E-state index in [1.165, 1.54) is 24.6 Å². The molecule has 2 N–H and O–H groups in total. The van der Waals surface area contributed by atoms with E-state index in [-0.39, 0.29) is 17.5 Å². The van der Waals surface area contributed by atoms with E-state index in [2.05, 4.69) is 15.5 Å². The average molecular weight is 446 g/mol. The van der Waals surface area contributed by atoms with Gasteiger partial charge in [0.15, 0.2) is 0 Å². The Labute approximate surface area is 193 Å². The van der Waals surface area contributed by atoms with Crippen molar-refractivity contribution in [1.29, 1.82) is 0 Å². The minimum atomic E-state index is -0.588. The third-order valence-corrected chi connectivity index (χ3v) is 5.96. The molecular formula is C27H28FN3O2. The van der Waals surface area contributed by atoms with Crippen LogP contribution in [0.1, 0.15) is 58.5 Å². The van der Waals surface area contributed by atoms with Gasteiger partial charge in [0.2, 0.25) is 0 Å². The van der Waals surface area contributed by atoms with E-state index in [0.29, 0.717) is 11.3 Å². The molecule has 0 aliphatic carbocycles. The second kappa shape index (κ2) is 10.3. The predicted octanol–water partition coefficient (Wildman–Crippen LogP) is 5.56. The Morgan fingerprint density at radius 2 is 1.55 bits per heavy atom. The highest BCUT2D eigenvalue weighted by Crippen LogP contribution is 2.28. The van der Waals surface area contributed by atoms with Crippen molar-refractivity contribution in [3.8, 4) is 0 Å². The fraction of sp³-hybridized carbons (Fsp3) is 0.259. The minimum absolute atomic E-state index is 0.0405. The first kappa shape index (κ1) is 22.5. The molecule has 0 bridgehead atoms. The zero-order chi connectivity index (χ0) is 23.2. The molecule has 2 amide bonds. The smallest absolute Gasteiger partial charge is 0.258 e. The Morgan fingerprint density at radius 1 is 0.848 bits per heavy atom. The molecule has 1 aliphatic heterocycles. The van der Waals surface area contributed by atoms with Gasteiger partial charge in [0.1, 0.15) is 5.82 Å². The molecule has 0 radical (unpaired) electrons. The van der Waals surface area contributed by atoms with Gasteiger partial charge in [0, 0.05) is 24.5 Å². The molecule has 5 nitrogen and oxygen atoms in total. The van der Waals surface area contributed by atoms with Crippen molar-refractivity contribution in [3.63, 3.8) is 0 Å². The van der Waals surface area contributed by atoms with Gasteiger partial charge in [0.05, 0.1) is 17.2 Å². The van der Waals surface area contributed by atoms with Gasteiger partial charge in [-0.2, -0.15) is 0 Å². The monoisotopic (exact) mass is 445 g/mol. The number of benzene rings is 3. The summed E-state index contributed by atoms with van der Waals surface area (Å²) in [5.74, 6) is -1.36. The molecule has 1 fully saturated rings. The summed E-state index contributed by atoms with van der Waals surface area (Å²) in [6, 6.07) is 20.7. The lowest BCUT2D eigenvalue weighted by atomic mass is 10.0. The second-order valence-electron chi connectivity index (χ2n) is 8.32. The first-order valence-electron chi connectivity index (χ1n) is 11.3. The quantitative estimate of drug-likeness (QED) is 0.522. The fourth-order valence-electron chi connectivity index (χ4n) is 4.15. The molecule has 3 aromatic carbocycles. The molecule has 33 heavy (non-hydrogen) atoms. The van der Waals surface area contributed by atoms with Gasteiger partial charge in [-0.25, -0.2) is 4.39 Å². The van der Waals surface area contributed by atoms with Gasteiger partial charge in [-0.05, 0) is 62.1 Å². The highest BCUT2D eigenvalue weighted by atomic mass is 19.1. The number of hydrogen-bond donors (Lipinski definition) is 2. The van der Waals surface area contributed by atoms with Gasteiger partial charge in [-0.3, -0.25) is 9.59 Å². The van der Waals surface area contributed by atoms with E-state index in [1.807, 2.05) is 43.3 Å². The number of amides is 2. The lowest BCUT2D eigenvalue weighted by Crippen LogP contribution is -2.33. The van der Waals surface area contributed by atoms with Crippen LogP contribution in [0.25, 0.3) is 0 Å². The largest absolute Gasteiger partial charge is 0.371 e. The molecule has 0 saturated carbocycles. The van der Waals surface area contributed by atoms with Crippen molar-refractivity contribution < 1.29 is 14.0 Å². The van der Waals surface area contributed by atoms with E-state index in [1.54, 1.807) is 18.2 Å². The summed E-state index contributed by atoms with van der Waals surface area (Å²) >= 11 is 0. The number of nitrogens with zero attached hydrogens (tertiary/aromatic N) is 1. The number of rotatable bonds is 6. The summed E-state index contributed by atoms with van der Waals surface area (Å²) in [5, 5.41) is 5.81. The molecule has 1 unspecified atom stereocenters. The first-order valence-corrected chi connectivity index (χ1v) is 11.3. The van der Waals surface area contributed by atoms with Crippen molar-refractivity contribution in [2.75, 3.05) is 23.3 Å². The van der Waals surface area contributed by atoms with E-state index in [9.17, 15) is 14.0 Å². The van der Waals surface area contributed by atoms with Crippen LogP contribution in [0.3, 0.4) is 0 Å². The molecule has 4 rings (SSSR count). The molecule has 6 heteroatoms. The van der Waals surface area contributed by atoms with E-state index < -0.39 is 11.7 Å².